The highest BCUT2D eigenvalue weighted by Gasteiger charge is 2.28. The van der Waals surface area contributed by atoms with Crippen molar-refractivity contribution in [2.24, 2.45) is 0 Å². The number of amides is 1. The third-order valence-corrected chi connectivity index (χ3v) is 5.97. The predicted molar refractivity (Wildman–Crippen MR) is 106 cm³/mol. The van der Waals surface area contributed by atoms with E-state index in [4.69, 9.17) is 27.9 Å². The molecular formula is C19H19Cl2NO3S. The van der Waals surface area contributed by atoms with Crippen molar-refractivity contribution in [1.29, 1.82) is 0 Å². The number of carbonyl (C=O) groups excluding carboxylic acids is 2. The monoisotopic (exact) mass is 411 g/mol. The lowest BCUT2D eigenvalue weighted by Gasteiger charge is -2.14. The number of hydrogen-bond acceptors (Lipinski definition) is 4. The number of benzene rings is 1. The summed E-state index contributed by atoms with van der Waals surface area (Å²) in [6, 6.07) is 4.89. The van der Waals surface area contributed by atoms with Crippen LogP contribution < -0.4 is 5.32 Å². The molecule has 1 N–H and O–H groups in total. The largest absolute Gasteiger partial charge is 0.459 e. The molecule has 1 aliphatic carbocycles. The molecule has 7 heteroatoms. The minimum absolute atomic E-state index is 0.199. The van der Waals surface area contributed by atoms with E-state index in [0.717, 1.165) is 36.1 Å². The number of halogens is 2. The lowest BCUT2D eigenvalue weighted by Crippen LogP contribution is -2.18. The first-order valence-electron chi connectivity index (χ1n) is 8.49. The Labute approximate surface area is 166 Å². The third kappa shape index (κ3) is 3.90. The molecule has 1 aromatic carbocycles. The number of fused-ring (bicyclic) bond motifs is 1. The zero-order chi connectivity index (χ0) is 18.8. The van der Waals surface area contributed by atoms with Gasteiger partial charge in [-0.25, -0.2) is 4.79 Å². The summed E-state index contributed by atoms with van der Waals surface area (Å²) in [7, 11) is 0. The molecule has 0 radical (unpaired) electrons. The van der Waals surface area contributed by atoms with Crippen molar-refractivity contribution in [3.63, 3.8) is 0 Å². The van der Waals surface area contributed by atoms with Crippen LogP contribution in [0, 0.1) is 0 Å². The van der Waals surface area contributed by atoms with Crippen molar-refractivity contribution in [3.05, 3.63) is 49.8 Å². The molecule has 2 aromatic rings. The van der Waals surface area contributed by atoms with Gasteiger partial charge in [-0.15, -0.1) is 11.3 Å². The van der Waals surface area contributed by atoms with E-state index in [1.165, 1.54) is 11.3 Å². The first kappa shape index (κ1) is 19.2. The fourth-order valence-corrected chi connectivity index (χ4v) is 4.86. The minimum Gasteiger partial charge on any atom is -0.459 e. The van der Waals surface area contributed by atoms with Crippen LogP contribution in [0.25, 0.3) is 0 Å². The molecule has 0 aliphatic heterocycles. The van der Waals surface area contributed by atoms with E-state index in [-0.39, 0.29) is 21.7 Å². The molecule has 26 heavy (non-hydrogen) atoms. The maximum absolute atomic E-state index is 12.7. The molecule has 0 fully saturated rings. The first-order chi connectivity index (χ1) is 12.4. The van der Waals surface area contributed by atoms with Gasteiger partial charge in [-0.05, 0) is 57.2 Å². The van der Waals surface area contributed by atoms with Gasteiger partial charge < -0.3 is 10.1 Å². The van der Waals surface area contributed by atoms with Gasteiger partial charge in [-0.3, -0.25) is 4.79 Å². The van der Waals surface area contributed by atoms with Crippen molar-refractivity contribution in [3.8, 4) is 0 Å². The van der Waals surface area contributed by atoms with E-state index in [1.807, 2.05) is 0 Å². The highest BCUT2D eigenvalue weighted by molar-refractivity contribution is 7.17. The maximum Gasteiger partial charge on any atom is 0.341 e. The van der Waals surface area contributed by atoms with Gasteiger partial charge in [0, 0.05) is 4.88 Å². The number of rotatable bonds is 4. The highest BCUT2D eigenvalue weighted by atomic mass is 35.5. The van der Waals surface area contributed by atoms with E-state index < -0.39 is 11.9 Å². The van der Waals surface area contributed by atoms with Crippen LogP contribution in [0.2, 0.25) is 10.0 Å². The normalized spacial score (nSPS) is 13.4. The molecule has 1 amide bonds. The number of thiophene rings is 1. The summed E-state index contributed by atoms with van der Waals surface area (Å²) < 4.78 is 5.40. The number of nitrogens with one attached hydrogen (secondary N) is 1. The molecule has 0 saturated heterocycles. The van der Waals surface area contributed by atoms with Crippen LogP contribution in [0.5, 0.6) is 0 Å². The van der Waals surface area contributed by atoms with E-state index in [9.17, 15) is 9.59 Å². The molecule has 0 saturated carbocycles. The molecule has 1 heterocycles. The molecule has 0 unspecified atom stereocenters. The summed E-state index contributed by atoms with van der Waals surface area (Å²) in [5, 5.41) is 3.87. The Morgan fingerprint density at radius 1 is 1.12 bits per heavy atom. The minimum atomic E-state index is -0.433. The lowest BCUT2D eigenvalue weighted by atomic mass is 9.95. The Kier molecular flexibility index (Phi) is 5.90. The Morgan fingerprint density at radius 3 is 2.42 bits per heavy atom. The summed E-state index contributed by atoms with van der Waals surface area (Å²) in [5.41, 5.74) is 1.66. The molecule has 138 valence electrons. The van der Waals surface area contributed by atoms with Gasteiger partial charge in [-0.2, -0.15) is 0 Å². The van der Waals surface area contributed by atoms with Crippen LogP contribution in [0.1, 0.15) is 57.8 Å². The SMILES string of the molecule is CC(C)OC(=O)c1c(NC(=O)c2c(Cl)cccc2Cl)sc2c1CCCC2. The fourth-order valence-electron chi connectivity index (χ4n) is 3.02. The fraction of sp³-hybridized carbons (Fsp3) is 0.368. The summed E-state index contributed by atoms with van der Waals surface area (Å²) in [4.78, 5) is 26.5. The number of esters is 1. The van der Waals surface area contributed by atoms with E-state index in [0.29, 0.717) is 10.6 Å². The Bertz CT molecular complexity index is 840. The molecular weight excluding hydrogens is 393 g/mol. The van der Waals surface area contributed by atoms with Crippen molar-refractivity contribution in [2.45, 2.75) is 45.6 Å². The number of ether oxygens (including phenoxy) is 1. The van der Waals surface area contributed by atoms with E-state index >= 15 is 0 Å². The maximum atomic E-state index is 12.7. The van der Waals surface area contributed by atoms with Crippen LogP contribution in [0.3, 0.4) is 0 Å². The van der Waals surface area contributed by atoms with Crippen LogP contribution in [0.15, 0.2) is 18.2 Å². The second-order valence-corrected chi connectivity index (χ2v) is 8.34. The second kappa shape index (κ2) is 7.99. The van der Waals surface area contributed by atoms with Crippen LogP contribution in [0.4, 0.5) is 5.00 Å². The van der Waals surface area contributed by atoms with Gasteiger partial charge >= 0.3 is 5.97 Å². The average Bonchev–Trinajstić information content (AvgIpc) is 2.91. The quantitative estimate of drug-likeness (QED) is 0.651. The summed E-state index contributed by atoms with van der Waals surface area (Å²) in [6.07, 6.45) is 3.59. The highest BCUT2D eigenvalue weighted by Crippen LogP contribution is 2.39. The van der Waals surface area contributed by atoms with Crippen LogP contribution in [-0.4, -0.2) is 18.0 Å². The molecule has 4 nitrogen and oxygen atoms in total. The van der Waals surface area contributed by atoms with Crippen LogP contribution in [-0.2, 0) is 17.6 Å². The number of aryl methyl sites for hydroxylation is 1. The topological polar surface area (TPSA) is 55.4 Å². The standard InChI is InChI=1S/C19H19Cl2NO3S/c1-10(2)25-19(24)15-11-6-3-4-9-14(11)26-18(15)22-17(23)16-12(20)7-5-8-13(16)21/h5,7-8,10H,3-4,6,9H2,1-2H3,(H,22,23). The van der Waals surface area contributed by atoms with Crippen molar-refractivity contribution < 1.29 is 14.3 Å². The smallest absolute Gasteiger partial charge is 0.341 e. The van der Waals surface area contributed by atoms with Gasteiger partial charge in [-0.1, -0.05) is 29.3 Å². The average molecular weight is 412 g/mol. The molecule has 0 bridgehead atoms. The Morgan fingerprint density at radius 2 is 1.77 bits per heavy atom. The lowest BCUT2D eigenvalue weighted by molar-refractivity contribution is 0.0378. The Hall–Kier alpha value is -1.56. The van der Waals surface area contributed by atoms with Gasteiger partial charge in [0.25, 0.3) is 5.91 Å². The van der Waals surface area contributed by atoms with Crippen LogP contribution >= 0.6 is 34.5 Å². The first-order valence-corrected chi connectivity index (χ1v) is 10.1. The molecule has 1 aliphatic rings. The molecule has 0 spiro atoms. The Balaban J connectivity index is 1.98. The predicted octanol–water partition coefficient (Wildman–Crippen LogP) is 5.75. The summed E-state index contributed by atoms with van der Waals surface area (Å²) in [6.45, 7) is 3.61. The van der Waals surface area contributed by atoms with Gasteiger partial charge in [0.05, 0.1) is 27.3 Å². The number of anilines is 1. The molecule has 3 rings (SSSR count). The molecule has 0 atom stereocenters. The number of carbonyl (C=O) groups is 2. The molecule has 1 aromatic heterocycles. The zero-order valence-electron chi connectivity index (χ0n) is 14.5. The van der Waals surface area contributed by atoms with Crippen molar-refractivity contribution in [1.82, 2.24) is 0 Å². The second-order valence-electron chi connectivity index (χ2n) is 6.42. The summed E-state index contributed by atoms with van der Waals surface area (Å²) in [5.74, 6) is -0.835. The number of hydrogen-bond donors (Lipinski definition) is 1. The van der Waals surface area contributed by atoms with Crippen molar-refractivity contribution >= 4 is 51.4 Å². The van der Waals surface area contributed by atoms with E-state index in [1.54, 1.807) is 32.0 Å². The van der Waals surface area contributed by atoms with Gasteiger partial charge in [0.2, 0.25) is 0 Å². The zero-order valence-corrected chi connectivity index (χ0v) is 16.9. The van der Waals surface area contributed by atoms with E-state index in [2.05, 4.69) is 5.32 Å². The van der Waals surface area contributed by atoms with Gasteiger partial charge in [0.15, 0.2) is 0 Å². The van der Waals surface area contributed by atoms with Crippen molar-refractivity contribution in [2.75, 3.05) is 5.32 Å². The third-order valence-electron chi connectivity index (χ3n) is 4.14. The summed E-state index contributed by atoms with van der Waals surface area (Å²) >= 11 is 13.7. The van der Waals surface area contributed by atoms with Gasteiger partial charge in [0.1, 0.15) is 5.00 Å².